The molecule has 6 nitrogen and oxygen atoms in total. The molecule has 4 saturated carbocycles. The summed E-state index contributed by atoms with van der Waals surface area (Å²) in [4.78, 5) is 27.4. The second-order valence-electron chi connectivity index (χ2n) is 11.4. The molecule has 0 unspecified atom stereocenters. The summed E-state index contributed by atoms with van der Waals surface area (Å²) in [5, 5.41) is 10.3. The average molecular weight is 499 g/mol. The smallest absolute Gasteiger partial charge is 0.267 e. The highest BCUT2D eigenvalue weighted by molar-refractivity contribution is 7.99. The number of hydrogen-bond donors (Lipinski definition) is 0. The van der Waals surface area contributed by atoms with Crippen molar-refractivity contribution in [2.75, 3.05) is 5.75 Å². The van der Waals surface area contributed by atoms with Crippen LogP contribution in [0.1, 0.15) is 49.7 Å². The fraction of sp³-hybridized carbons (Fsp3) is 0.448. The number of nitrogens with zero attached hydrogens (tertiary/aromatic N) is 4. The summed E-state index contributed by atoms with van der Waals surface area (Å²) >= 11 is 1.47. The van der Waals surface area contributed by atoms with Crippen LogP contribution in [0.3, 0.4) is 0 Å². The molecule has 8 rings (SSSR count). The zero-order chi connectivity index (χ0) is 24.6. The summed E-state index contributed by atoms with van der Waals surface area (Å²) in [5.74, 6) is 3.51. The van der Waals surface area contributed by atoms with Crippen molar-refractivity contribution in [1.82, 2.24) is 19.2 Å². The number of hydrogen-bond acceptors (Lipinski definition) is 5. The predicted molar refractivity (Wildman–Crippen MR) is 142 cm³/mol. The van der Waals surface area contributed by atoms with E-state index in [1.807, 2.05) is 60.7 Å². The third kappa shape index (κ3) is 3.24. The molecule has 0 atom stereocenters. The molecule has 0 N–H and O–H groups in total. The van der Waals surface area contributed by atoms with Crippen LogP contribution in [0.5, 0.6) is 0 Å². The third-order valence-electron chi connectivity index (χ3n) is 9.02. The number of Topliss-reactive ketones (excluding diaryl/α,β-unsaturated/α-hetero) is 1. The minimum Gasteiger partial charge on any atom is -0.298 e. The fourth-order valence-corrected chi connectivity index (χ4v) is 8.84. The quantitative estimate of drug-likeness (QED) is 0.339. The Labute approximate surface area is 214 Å². The minimum absolute atomic E-state index is 0.107. The van der Waals surface area contributed by atoms with E-state index in [-0.39, 0.29) is 11.0 Å². The van der Waals surface area contributed by atoms with Crippen LogP contribution in [0.15, 0.2) is 52.4 Å². The van der Waals surface area contributed by atoms with Crippen LogP contribution < -0.4 is 5.56 Å². The van der Waals surface area contributed by atoms with E-state index in [0.717, 1.165) is 59.3 Å². The molecule has 2 aromatic heterocycles. The van der Waals surface area contributed by atoms with Gasteiger partial charge in [-0.2, -0.15) is 0 Å². The summed E-state index contributed by atoms with van der Waals surface area (Å²) in [5.41, 5.74) is 3.39. The summed E-state index contributed by atoms with van der Waals surface area (Å²) in [6.07, 6.45) is 7.22. The van der Waals surface area contributed by atoms with Crippen molar-refractivity contribution in [3.8, 4) is 5.69 Å². The largest absolute Gasteiger partial charge is 0.298 e. The van der Waals surface area contributed by atoms with Gasteiger partial charge in [0.15, 0.2) is 5.16 Å². The molecule has 0 radical (unpaired) electrons. The number of carbonyl (C=O) groups excluding carboxylic acids is 1. The second-order valence-corrected chi connectivity index (χ2v) is 12.4. The van der Waals surface area contributed by atoms with Crippen LogP contribution in [0, 0.1) is 37.0 Å². The number of ketones is 1. The molecule has 184 valence electrons. The fourth-order valence-electron chi connectivity index (χ4n) is 7.87. The van der Waals surface area contributed by atoms with Gasteiger partial charge in [0, 0.05) is 5.41 Å². The molecule has 2 heterocycles. The Bertz CT molecular complexity index is 1540. The van der Waals surface area contributed by atoms with E-state index in [1.54, 1.807) is 4.57 Å². The van der Waals surface area contributed by atoms with Crippen molar-refractivity contribution in [2.45, 2.75) is 57.5 Å². The monoisotopic (exact) mass is 498 g/mol. The Balaban J connectivity index is 1.31. The molecule has 2 aromatic carbocycles. The van der Waals surface area contributed by atoms with Crippen LogP contribution in [0.4, 0.5) is 0 Å². The maximum atomic E-state index is 13.7. The summed E-state index contributed by atoms with van der Waals surface area (Å²) in [6, 6.07) is 13.6. The van der Waals surface area contributed by atoms with Gasteiger partial charge in [-0.15, -0.1) is 10.2 Å². The van der Waals surface area contributed by atoms with E-state index >= 15 is 0 Å². The molecular weight excluding hydrogens is 468 g/mol. The van der Waals surface area contributed by atoms with Gasteiger partial charge in [-0.25, -0.2) is 4.57 Å². The predicted octanol–water partition coefficient (Wildman–Crippen LogP) is 5.53. The highest BCUT2D eigenvalue weighted by Crippen LogP contribution is 2.60. The van der Waals surface area contributed by atoms with Gasteiger partial charge in [0.1, 0.15) is 5.78 Å². The second kappa shape index (κ2) is 8.04. The lowest BCUT2D eigenvalue weighted by atomic mass is 9.48. The molecule has 36 heavy (non-hydrogen) atoms. The maximum Gasteiger partial charge on any atom is 0.267 e. The van der Waals surface area contributed by atoms with E-state index in [2.05, 4.69) is 10.2 Å². The number of thioether (sulfide) groups is 1. The third-order valence-corrected chi connectivity index (χ3v) is 9.95. The zero-order valence-electron chi connectivity index (χ0n) is 20.7. The normalized spacial score (nSPS) is 26.8. The highest BCUT2D eigenvalue weighted by atomic mass is 32.2. The van der Waals surface area contributed by atoms with Gasteiger partial charge in [0.25, 0.3) is 5.56 Å². The van der Waals surface area contributed by atoms with Crippen LogP contribution in [0.2, 0.25) is 0 Å². The van der Waals surface area contributed by atoms with Crippen LogP contribution in [0.25, 0.3) is 22.4 Å². The van der Waals surface area contributed by atoms with E-state index in [4.69, 9.17) is 0 Å². The first-order valence-electron chi connectivity index (χ1n) is 13.0. The Kier molecular flexibility index (Phi) is 4.97. The minimum atomic E-state index is -0.120. The average Bonchev–Trinajstić information content (AvgIpc) is 3.27. The number of carbonyl (C=O) groups is 1. The lowest BCUT2D eigenvalue weighted by Crippen LogP contribution is -2.50. The van der Waals surface area contributed by atoms with E-state index in [9.17, 15) is 9.59 Å². The Morgan fingerprint density at radius 2 is 1.58 bits per heavy atom. The number of fused-ring (bicyclic) bond motifs is 3. The molecule has 0 spiro atoms. The molecule has 0 saturated heterocycles. The SMILES string of the molecule is Cc1cccc(C)c1-n1c(=O)c2ccccc2n2c(SCC(=O)C34CC5CC(CC(C5)C3)C4)nnc12. The molecule has 4 bridgehead atoms. The standard InChI is InChI=1S/C29H30N4O2S/c1-17-6-5-7-18(2)25(17)33-26(35)22-8-3-4-9-23(22)32-27(33)30-31-28(32)36-16-24(34)29-13-19-10-20(14-29)12-21(11-19)15-29/h3-9,19-21H,10-16H2,1-2H3. The first-order valence-corrected chi connectivity index (χ1v) is 14.0. The first kappa shape index (κ1) is 22.3. The molecule has 0 aliphatic heterocycles. The van der Waals surface area contributed by atoms with Crippen LogP contribution in [-0.2, 0) is 4.79 Å². The Morgan fingerprint density at radius 3 is 2.25 bits per heavy atom. The van der Waals surface area contributed by atoms with Crippen molar-refractivity contribution in [3.05, 3.63) is 63.9 Å². The van der Waals surface area contributed by atoms with Gasteiger partial charge in [0.05, 0.1) is 22.3 Å². The summed E-state index contributed by atoms with van der Waals surface area (Å²) in [6.45, 7) is 4.02. The van der Waals surface area contributed by atoms with Crippen molar-refractivity contribution in [3.63, 3.8) is 0 Å². The molecular formula is C29H30N4O2S. The molecule has 4 fully saturated rings. The highest BCUT2D eigenvalue weighted by Gasteiger charge is 2.54. The summed E-state index contributed by atoms with van der Waals surface area (Å²) < 4.78 is 3.64. The Hall–Kier alpha value is -2.93. The lowest BCUT2D eigenvalue weighted by Gasteiger charge is -2.56. The van der Waals surface area contributed by atoms with Gasteiger partial charge >= 0.3 is 0 Å². The maximum absolute atomic E-state index is 13.7. The van der Waals surface area contributed by atoms with Crippen LogP contribution in [-0.4, -0.2) is 30.7 Å². The number of aryl methyl sites for hydroxylation is 2. The van der Waals surface area contributed by atoms with Gasteiger partial charge in [-0.05, 0) is 93.4 Å². The van der Waals surface area contributed by atoms with Crippen molar-refractivity contribution < 1.29 is 4.79 Å². The molecule has 4 aliphatic carbocycles. The van der Waals surface area contributed by atoms with Gasteiger partial charge in [-0.3, -0.25) is 14.0 Å². The topological polar surface area (TPSA) is 69.3 Å². The van der Waals surface area contributed by atoms with E-state index < -0.39 is 0 Å². The van der Waals surface area contributed by atoms with Gasteiger partial charge < -0.3 is 0 Å². The Morgan fingerprint density at radius 1 is 0.944 bits per heavy atom. The zero-order valence-corrected chi connectivity index (χ0v) is 21.6. The molecule has 4 aromatic rings. The van der Waals surface area contributed by atoms with Crippen molar-refractivity contribution in [1.29, 1.82) is 0 Å². The number of rotatable bonds is 5. The van der Waals surface area contributed by atoms with Crippen LogP contribution >= 0.6 is 11.8 Å². The van der Waals surface area contributed by atoms with Crippen molar-refractivity contribution in [2.24, 2.45) is 23.2 Å². The lowest BCUT2D eigenvalue weighted by molar-refractivity contribution is -0.141. The van der Waals surface area contributed by atoms with Crippen molar-refractivity contribution >= 4 is 34.2 Å². The number of para-hydroxylation sites is 2. The van der Waals surface area contributed by atoms with E-state index in [1.165, 1.54) is 31.0 Å². The van der Waals surface area contributed by atoms with E-state index in [0.29, 0.717) is 27.9 Å². The van der Waals surface area contributed by atoms with Gasteiger partial charge in [-0.1, -0.05) is 42.1 Å². The molecule has 7 heteroatoms. The molecule has 0 amide bonds. The van der Waals surface area contributed by atoms with Gasteiger partial charge in [0.2, 0.25) is 5.78 Å². The number of aromatic nitrogens is 4. The molecule has 4 aliphatic rings. The summed E-state index contributed by atoms with van der Waals surface area (Å²) in [7, 11) is 0. The first-order chi connectivity index (χ1) is 17.4. The number of benzene rings is 2.